The second-order valence-corrected chi connectivity index (χ2v) is 4.19. The van der Waals surface area contributed by atoms with Crippen molar-refractivity contribution in [3.63, 3.8) is 0 Å². The summed E-state index contributed by atoms with van der Waals surface area (Å²) in [6, 6.07) is 2.41. The highest BCUT2D eigenvalue weighted by Crippen LogP contribution is 2.28. The summed E-state index contributed by atoms with van der Waals surface area (Å²) in [6.07, 6.45) is -1.02. The van der Waals surface area contributed by atoms with Crippen LogP contribution in [0.25, 0.3) is 0 Å². The first-order valence-corrected chi connectivity index (χ1v) is 5.65. The number of pyridine rings is 1. The highest BCUT2D eigenvalue weighted by molar-refractivity contribution is 5.23. The summed E-state index contributed by atoms with van der Waals surface area (Å²) in [5, 5.41) is 4.08. The molecule has 0 aliphatic heterocycles. The number of halogens is 3. The van der Waals surface area contributed by atoms with E-state index in [0.29, 0.717) is 24.3 Å². The van der Waals surface area contributed by atoms with E-state index in [1.807, 2.05) is 0 Å². The Hall–Kier alpha value is -1.89. The lowest BCUT2D eigenvalue weighted by Crippen LogP contribution is -2.11. The summed E-state index contributed by atoms with van der Waals surface area (Å²) in [6.45, 7) is 2.30. The molecule has 0 aliphatic carbocycles. The van der Waals surface area contributed by atoms with Crippen molar-refractivity contribution >= 4 is 0 Å². The number of rotatable bonds is 3. The first-order chi connectivity index (χ1) is 8.90. The summed E-state index contributed by atoms with van der Waals surface area (Å²) in [5.74, 6) is 0. The molecular weight excluding hydrogens is 257 g/mol. The average molecular weight is 270 g/mol. The van der Waals surface area contributed by atoms with E-state index in [9.17, 15) is 13.2 Å². The fraction of sp³-hybridized carbons (Fsp3) is 0.333. The number of aromatic nitrogens is 3. The van der Waals surface area contributed by atoms with Crippen molar-refractivity contribution in [2.75, 3.05) is 0 Å². The third-order valence-corrected chi connectivity index (χ3v) is 2.74. The Morgan fingerprint density at radius 1 is 1.32 bits per heavy atom. The van der Waals surface area contributed by atoms with Gasteiger partial charge in [0.05, 0.1) is 12.7 Å². The largest absolute Gasteiger partial charge is 0.433 e. The number of hydrogen-bond acceptors (Lipinski definition) is 3. The Balaban J connectivity index is 2.22. The zero-order valence-electron chi connectivity index (χ0n) is 10.3. The molecule has 7 heteroatoms. The number of alkyl halides is 3. The standard InChI is InChI=1S/C12H13F3N4/c1-8-10(2-3-11(18-8)12(13,14)15)7-19-6-9(4-16)5-17-19/h2-3,5-6H,4,7,16H2,1H3. The van der Waals surface area contributed by atoms with Crippen LogP contribution in [0, 0.1) is 6.92 Å². The Kier molecular flexibility index (Phi) is 3.57. The van der Waals surface area contributed by atoms with Crippen molar-refractivity contribution in [3.05, 3.63) is 47.0 Å². The van der Waals surface area contributed by atoms with Gasteiger partial charge in [0.2, 0.25) is 0 Å². The molecule has 0 aliphatic rings. The van der Waals surface area contributed by atoms with E-state index < -0.39 is 11.9 Å². The molecule has 0 fully saturated rings. The van der Waals surface area contributed by atoms with Gasteiger partial charge >= 0.3 is 6.18 Å². The molecule has 0 aromatic carbocycles. The number of nitrogens with two attached hydrogens (primary N) is 1. The van der Waals surface area contributed by atoms with E-state index in [4.69, 9.17) is 5.73 Å². The van der Waals surface area contributed by atoms with E-state index in [0.717, 1.165) is 11.6 Å². The van der Waals surface area contributed by atoms with Gasteiger partial charge in [0.1, 0.15) is 5.69 Å². The molecule has 0 saturated heterocycles. The maximum atomic E-state index is 12.5. The minimum Gasteiger partial charge on any atom is -0.326 e. The minimum atomic E-state index is -4.41. The van der Waals surface area contributed by atoms with Crippen molar-refractivity contribution in [1.29, 1.82) is 0 Å². The highest BCUT2D eigenvalue weighted by Gasteiger charge is 2.32. The molecule has 2 aromatic heterocycles. The van der Waals surface area contributed by atoms with Crippen LogP contribution >= 0.6 is 0 Å². The monoisotopic (exact) mass is 270 g/mol. The van der Waals surface area contributed by atoms with Crippen LogP contribution in [0.15, 0.2) is 24.5 Å². The summed E-state index contributed by atoms with van der Waals surface area (Å²) < 4.78 is 39.1. The molecule has 0 unspecified atom stereocenters. The van der Waals surface area contributed by atoms with E-state index in [-0.39, 0.29) is 0 Å². The number of hydrogen-bond donors (Lipinski definition) is 1. The molecule has 0 bridgehead atoms. The molecule has 102 valence electrons. The molecule has 19 heavy (non-hydrogen) atoms. The Labute approximate surface area is 108 Å². The summed E-state index contributed by atoms with van der Waals surface area (Å²) in [5.41, 5.74) is 6.50. The Bertz CT molecular complexity index is 575. The van der Waals surface area contributed by atoms with E-state index in [2.05, 4.69) is 10.1 Å². The van der Waals surface area contributed by atoms with Crippen molar-refractivity contribution in [2.24, 2.45) is 5.73 Å². The van der Waals surface area contributed by atoms with Crippen LogP contribution in [0.4, 0.5) is 13.2 Å². The van der Waals surface area contributed by atoms with Crippen LogP contribution in [0.5, 0.6) is 0 Å². The van der Waals surface area contributed by atoms with Crippen LogP contribution in [0.3, 0.4) is 0 Å². The molecule has 0 radical (unpaired) electrons. The molecule has 2 N–H and O–H groups in total. The molecule has 4 nitrogen and oxygen atoms in total. The van der Waals surface area contributed by atoms with Crippen molar-refractivity contribution in [2.45, 2.75) is 26.2 Å². The lowest BCUT2D eigenvalue weighted by Gasteiger charge is -2.10. The predicted molar refractivity (Wildman–Crippen MR) is 63.2 cm³/mol. The molecule has 2 rings (SSSR count). The molecule has 2 heterocycles. The van der Waals surface area contributed by atoms with Crippen LogP contribution < -0.4 is 5.73 Å². The summed E-state index contributed by atoms with van der Waals surface area (Å²) in [7, 11) is 0. The van der Waals surface area contributed by atoms with Crippen LogP contribution in [0.1, 0.15) is 22.5 Å². The van der Waals surface area contributed by atoms with Gasteiger partial charge in [0, 0.05) is 24.0 Å². The second kappa shape index (κ2) is 5.00. The van der Waals surface area contributed by atoms with Gasteiger partial charge in [-0.25, -0.2) is 4.98 Å². The Morgan fingerprint density at radius 3 is 2.58 bits per heavy atom. The van der Waals surface area contributed by atoms with Crippen LogP contribution in [-0.2, 0) is 19.3 Å². The van der Waals surface area contributed by atoms with Gasteiger partial charge in [-0.05, 0) is 18.6 Å². The lowest BCUT2D eigenvalue weighted by atomic mass is 10.2. The maximum absolute atomic E-state index is 12.5. The zero-order chi connectivity index (χ0) is 14.0. The fourth-order valence-corrected chi connectivity index (χ4v) is 1.69. The van der Waals surface area contributed by atoms with Gasteiger partial charge in [-0.15, -0.1) is 0 Å². The van der Waals surface area contributed by atoms with Crippen molar-refractivity contribution < 1.29 is 13.2 Å². The highest BCUT2D eigenvalue weighted by atomic mass is 19.4. The van der Waals surface area contributed by atoms with Gasteiger partial charge in [-0.2, -0.15) is 18.3 Å². The third-order valence-electron chi connectivity index (χ3n) is 2.74. The molecule has 0 saturated carbocycles. The lowest BCUT2D eigenvalue weighted by molar-refractivity contribution is -0.141. The van der Waals surface area contributed by atoms with Crippen molar-refractivity contribution in [1.82, 2.24) is 14.8 Å². The average Bonchev–Trinajstić information content (AvgIpc) is 2.78. The zero-order valence-corrected chi connectivity index (χ0v) is 10.3. The van der Waals surface area contributed by atoms with Crippen molar-refractivity contribution in [3.8, 4) is 0 Å². The molecule has 2 aromatic rings. The smallest absolute Gasteiger partial charge is 0.326 e. The summed E-state index contributed by atoms with van der Waals surface area (Å²) >= 11 is 0. The first kappa shape index (κ1) is 13.5. The third kappa shape index (κ3) is 3.11. The predicted octanol–water partition coefficient (Wildman–Crippen LogP) is 2.11. The van der Waals surface area contributed by atoms with Gasteiger partial charge in [0.15, 0.2) is 0 Å². The SMILES string of the molecule is Cc1nc(C(F)(F)F)ccc1Cn1cc(CN)cn1. The van der Waals surface area contributed by atoms with Crippen LogP contribution in [0.2, 0.25) is 0 Å². The molecule has 0 amide bonds. The minimum absolute atomic E-state index is 0.347. The maximum Gasteiger partial charge on any atom is 0.433 e. The van der Waals surface area contributed by atoms with Crippen LogP contribution in [-0.4, -0.2) is 14.8 Å². The number of aryl methyl sites for hydroxylation is 1. The van der Waals surface area contributed by atoms with Gasteiger partial charge in [-0.1, -0.05) is 6.07 Å². The van der Waals surface area contributed by atoms with Gasteiger partial charge in [-0.3, -0.25) is 4.68 Å². The molecular formula is C12H13F3N4. The first-order valence-electron chi connectivity index (χ1n) is 5.65. The normalized spacial score (nSPS) is 11.8. The summed E-state index contributed by atoms with van der Waals surface area (Å²) in [4.78, 5) is 3.58. The fourth-order valence-electron chi connectivity index (χ4n) is 1.69. The molecule has 0 atom stereocenters. The molecule has 0 spiro atoms. The van der Waals surface area contributed by atoms with E-state index in [1.165, 1.54) is 6.07 Å². The van der Waals surface area contributed by atoms with Gasteiger partial charge in [0.25, 0.3) is 0 Å². The topological polar surface area (TPSA) is 56.7 Å². The van der Waals surface area contributed by atoms with E-state index in [1.54, 1.807) is 24.0 Å². The van der Waals surface area contributed by atoms with Gasteiger partial charge < -0.3 is 5.73 Å². The number of nitrogens with zero attached hydrogens (tertiary/aromatic N) is 3. The Morgan fingerprint density at radius 2 is 2.05 bits per heavy atom. The van der Waals surface area contributed by atoms with E-state index >= 15 is 0 Å². The quantitative estimate of drug-likeness (QED) is 0.929. The second-order valence-electron chi connectivity index (χ2n) is 4.19.